The van der Waals surface area contributed by atoms with Crippen molar-refractivity contribution in [2.75, 3.05) is 17.1 Å². The van der Waals surface area contributed by atoms with Crippen LogP contribution in [-0.2, 0) is 34.1 Å². The average Bonchev–Trinajstić information content (AvgIpc) is 3.13. The maximum Gasteiger partial charge on any atom is 0.241 e. The summed E-state index contributed by atoms with van der Waals surface area (Å²) in [4.78, 5) is 12.7. The predicted octanol–water partition coefficient (Wildman–Crippen LogP) is 3.38. The van der Waals surface area contributed by atoms with Crippen LogP contribution in [0.25, 0.3) is 0 Å². The Morgan fingerprint density at radius 1 is 1.14 bits per heavy atom. The molecule has 2 aromatic rings. The molecule has 1 aliphatic carbocycles. The van der Waals surface area contributed by atoms with Crippen molar-refractivity contribution in [1.29, 1.82) is 0 Å². The molecule has 1 unspecified atom stereocenters. The highest BCUT2D eigenvalue weighted by atomic mass is 32.2. The van der Waals surface area contributed by atoms with Gasteiger partial charge in [-0.25, -0.2) is 8.42 Å². The highest BCUT2D eigenvalue weighted by Crippen LogP contribution is 2.26. The Bertz CT molecular complexity index is 969. The van der Waals surface area contributed by atoms with Crippen LogP contribution in [0.1, 0.15) is 48.6 Å². The van der Waals surface area contributed by atoms with E-state index in [1.807, 2.05) is 26.0 Å². The monoisotopic (exact) mass is 400 g/mol. The molecule has 1 N–H and O–H groups in total. The van der Waals surface area contributed by atoms with Gasteiger partial charge in [-0.05, 0) is 60.9 Å². The predicted molar refractivity (Wildman–Crippen MR) is 113 cm³/mol. The van der Waals surface area contributed by atoms with Gasteiger partial charge in [-0.3, -0.25) is 9.10 Å². The van der Waals surface area contributed by atoms with E-state index in [0.717, 1.165) is 30.2 Å². The molecule has 3 rings (SSSR count). The number of sulfonamides is 1. The lowest BCUT2D eigenvalue weighted by Gasteiger charge is -2.25. The normalized spacial score (nSPS) is 14.4. The SMILES string of the molecule is CCc1ccccc1N(CC(=O)NC(C)c1ccc2c(c1)CCC2)S(C)(=O)=O. The third-order valence-corrected chi connectivity index (χ3v) is 6.46. The molecule has 6 heteroatoms. The van der Waals surface area contributed by atoms with Crippen LogP contribution in [-0.4, -0.2) is 27.1 Å². The van der Waals surface area contributed by atoms with Gasteiger partial charge in [0.05, 0.1) is 18.0 Å². The van der Waals surface area contributed by atoms with Crippen molar-refractivity contribution < 1.29 is 13.2 Å². The van der Waals surface area contributed by atoms with Crippen LogP contribution in [0.2, 0.25) is 0 Å². The second-order valence-electron chi connectivity index (χ2n) is 7.42. The van der Waals surface area contributed by atoms with Crippen LogP contribution in [0.5, 0.6) is 0 Å². The molecule has 0 aliphatic heterocycles. The fraction of sp³-hybridized carbons (Fsp3) is 0.409. The largest absolute Gasteiger partial charge is 0.348 e. The lowest BCUT2D eigenvalue weighted by Crippen LogP contribution is -2.41. The number of amides is 1. The molecule has 0 radical (unpaired) electrons. The zero-order valence-electron chi connectivity index (χ0n) is 16.7. The molecule has 5 nitrogen and oxygen atoms in total. The first-order valence-corrected chi connectivity index (χ1v) is 11.6. The Hall–Kier alpha value is -2.34. The van der Waals surface area contributed by atoms with Crippen LogP contribution in [0.4, 0.5) is 5.69 Å². The van der Waals surface area contributed by atoms with Crippen molar-refractivity contribution in [3.8, 4) is 0 Å². The molecule has 0 fully saturated rings. The fourth-order valence-electron chi connectivity index (χ4n) is 3.80. The first-order valence-electron chi connectivity index (χ1n) is 9.76. The fourth-order valence-corrected chi connectivity index (χ4v) is 4.68. The first kappa shape index (κ1) is 20.4. The van der Waals surface area contributed by atoms with Crippen LogP contribution >= 0.6 is 0 Å². The summed E-state index contributed by atoms with van der Waals surface area (Å²) in [6, 6.07) is 13.5. The molecule has 1 amide bonds. The summed E-state index contributed by atoms with van der Waals surface area (Å²) in [7, 11) is -3.58. The van der Waals surface area contributed by atoms with Crippen LogP contribution in [0.3, 0.4) is 0 Å². The number of hydrogen-bond donors (Lipinski definition) is 1. The summed E-state index contributed by atoms with van der Waals surface area (Å²) in [5, 5.41) is 2.95. The van der Waals surface area contributed by atoms with Crippen LogP contribution in [0.15, 0.2) is 42.5 Å². The van der Waals surface area contributed by atoms with Crippen molar-refractivity contribution in [1.82, 2.24) is 5.32 Å². The molecular formula is C22H28N2O3S. The lowest BCUT2D eigenvalue weighted by molar-refractivity contribution is -0.120. The summed E-state index contributed by atoms with van der Waals surface area (Å²) in [5.41, 5.74) is 5.25. The quantitative estimate of drug-likeness (QED) is 0.775. The summed E-state index contributed by atoms with van der Waals surface area (Å²) in [6.45, 7) is 3.67. The Kier molecular flexibility index (Phi) is 6.08. The number of aryl methyl sites for hydroxylation is 3. The van der Waals surface area contributed by atoms with Crippen molar-refractivity contribution >= 4 is 21.6 Å². The Labute approximate surface area is 167 Å². The summed E-state index contributed by atoms with van der Waals surface area (Å²) >= 11 is 0. The van der Waals surface area contributed by atoms with Crippen LogP contribution < -0.4 is 9.62 Å². The summed E-state index contributed by atoms with van der Waals surface area (Å²) in [6.07, 6.45) is 5.21. The maximum atomic E-state index is 12.7. The van der Waals surface area contributed by atoms with E-state index in [1.54, 1.807) is 12.1 Å². The van der Waals surface area contributed by atoms with Gasteiger partial charge in [0.1, 0.15) is 6.54 Å². The van der Waals surface area contributed by atoms with E-state index in [0.29, 0.717) is 12.1 Å². The Morgan fingerprint density at radius 2 is 1.86 bits per heavy atom. The van der Waals surface area contributed by atoms with Gasteiger partial charge < -0.3 is 5.32 Å². The molecule has 1 aliphatic rings. The topological polar surface area (TPSA) is 66.5 Å². The third-order valence-electron chi connectivity index (χ3n) is 5.33. The summed E-state index contributed by atoms with van der Waals surface area (Å²) < 4.78 is 25.9. The van der Waals surface area contributed by atoms with E-state index in [2.05, 4.69) is 23.5 Å². The molecule has 0 aromatic heterocycles. The average molecular weight is 401 g/mol. The first-order chi connectivity index (χ1) is 13.3. The Balaban J connectivity index is 1.75. The van der Waals surface area contributed by atoms with E-state index in [-0.39, 0.29) is 18.5 Å². The van der Waals surface area contributed by atoms with E-state index >= 15 is 0 Å². The molecule has 150 valence electrons. The highest BCUT2D eigenvalue weighted by Gasteiger charge is 2.24. The molecule has 2 aromatic carbocycles. The van der Waals surface area contributed by atoms with Crippen LogP contribution in [0, 0.1) is 0 Å². The van der Waals surface area contributed by atoms with E-state index in [9.17, 15) is 13.2 Å². The number of nitrogens with zero attached hydrogens (tertiary/aromatic N) is 1. The number of para-hydroxylation sites is 1. The standard InChI is InChI=1S/C22H28N2O3S/c1-4-17-8-5-6-11-21(17)24(28(3,26)27)15-22(25)23-16(2)19-13-12-18-9-7-10-20(18)14-19/h5-6,8,11-14,16H,4,7,9-10,15H2,1-3H3,(H,23,25). The van der Waals surface area contributed by atoms with Gasteiger partial charge in [0.25, 0.3) is 0 Å². The maximum absolute atomic E-state index is 12.7. The highest BCUT2D eigenvalue weighted by molar-refractivity contribution is 7.92. The van der Waals surface area contributed by atoms with Gasteiger partial charge in [-0.1, -0.05) is 43.3 Å². The van der Waals surface area contributed by atoms with Gasteiger partial charge in [0.15, 0.2) is 0 Å². The van der Waals surface area contributed by atoms with Crippen molar-refractivity contribution in [2.45, 2.75) is 45.6 Å². The molecule has 1 atom stereocenters. The molecule has 28 heavy (non-hydrogen) atoms. The minimum atomic E-state index is -3.58. The van der Waals surface area contributed by atoms with Gasteiger partial charge in [0, 0.05) is 0 Å². The molecular weight excluding hydrogens is 372 g/mol. The second kappa shape index (κ2) is 8.35. The smallest absolute Gasteiger partial charge is 0.241 e. The number of hydrogen-bond acceptors (Lipinski definition) is 3. The van der Waals surface area contributed by atoms with Gasteiger partial charge in [-0.2, -0.15) is 0 Å². The van der Waals surface area contributed by atoms with E-state index in [4.69, 9.17) is 0 Å². The van der Waals surface area contributed by atoms with E-state index < -0.39 is 10.0 Å². The lowest BCUT2D eigenvalue weighted by atomic mass is 10.0. The zero-order chi connectivity index (χ0) is 20.3. The van der Waals surface area contributed by atoms with Gasteiger partial charge in [-0.15, -0.1) is 0 Å². The van der Waals surface area contributed by atoms with Gasteiger partial charge >= 0.3 is 0 Å². The number of rotatable bonds is 7. The molecule has 0 bridgehead atoms. The molecule has 0 saturated carbocycles. The molecule has 0 saturated heterocycles. The van der Waals surface area contributed by atoms with E-state index in [1.165, 1.54) is 21.9 Å². The molecule has 0 heterocycles. The second-order valence-corrected chi connectivity index (χ2v) is 9.33. The molecule has 0 spiro atoms. The van der Waals surface area contributed by atoms with Gasteiger partial charge in [0.2, 0.25) is 15.9 Å². The number of anilines is 1. The van der Waals surface area contributed by atoms with Crippen molar-refractivity contribution in [3.05, 3.63) is 64.7 Å². The minimum absolute atomic E-state index is 0.179. The minimum Gasteiger partial charge on any atom is -0.348 e. The summed E-state index contributed by atoms with van der Waals surface area (Å²) in [5.74, 6) is -0.315. The third kappa shape index (κ3) is 4.55. The number of benzene rings is 2. The number of nitrogens with one attached hydrogen (secondary N) is 1. The Morgan fingerprint density at radius 3 is 2.57 bits per heavy atom. The number of fused-ring (bicyclic) bond motifs is 1. The van der Waals surface area contributed by atoms with Crippen molar-refractivity contribution in [3.63, 3.8) is 0 Å². The number of carbonyl (C=O) groups excluding carboxylic acids is 1. The number of carbonyl (C=O) groups is 1. The van der Waals surface area contributed by atoms with Crippen molar-refractivity contribution in [2.24, 2.45) is 0 Å². The zero-order valence-corrected chi connectivity index (χ0v) is 17.6.